The highest BCUT2D eigenvalue weighted by Crippen LogP contribution is 2.38. The van der Waals surface area contributed by atoms with Gasteiger partial charge in [0.25, 0.3) is 0 Å². The molecule has 3 nitrogen and oxygen atoms in total. The highest BCUT2D eigenvalue weighted by atomic mass is 35.5. The Hall–Kier alpha value is -1.31. The first-order chi connectivity index (χ1) is 14.9. The van der Waals surface area contributed by atoms with Crippen molar-refractivity contribution in [3.05, 3.63) is 81.5 Å². The van der Waals surface area contributed by atoms with E-state index in [0.29, 0.717) is 15.8 Å². The van der Waals surface area contributed by atoms with E-state index in [1.54, 1.807) is 35.7 Å². The normalized spacial score (nSPS) is 11.9. The van der Waals surface area contributed by atoms with Crippen molar-refractivity contribution in [2.24, 2.45) is 0 Å². The molecule has 0 saturated carbocycles. The number of rotatable bonds is 8. The molecule has 1 amide bonds. The van der Waals surface area contributed by atoms with Gasteiger partial charge in [-0.3, -0.25) is 4.79 Å². The molecule has 8 heteroatoms. The van der Waals surface area contributed by atoms with Crippen LogP contribution in [0, 0.1) is 6.92 Å². The van der Waals surface area contributed by atoms with Crippen LogP contribution in [0.4, 0.5) is 5.69 Å². The molecule has 0 aliphatic rings. The lowest BCUT2D eigenvalue weighted by Crippen LogP contribution is -2.20. The molecule has 3 aromatic rings. The Morgan fingerprint density at radius 2 is 1.77 bits per heavy atom. The fourth-order valence-corrected chi connectivity index (χ4v) is 5.69. The Bertz CT molecular complexity index is 1040. The molecular weight excluding hydrogens is 487 g/mol. The summed E-state index contributed by atoms with van der Waals surface area (Å²) in [5.41, 5.74) is 3.63. The number of halogens is 2. The van der Waals surface area contributed by atoms with Gasteiger partial charge >= 0.3 is 0 Å². The molecular formula is C23H22Cl2N2OS3. The van der Waals surface area contributed by atoms with Crippen molar-refractivity contribution < 1.29 is 4.79 Å². The van der Waals surface area contributed by atoms with Crippen LogP contribution in [0.2, 0.25) is 10.0 Å². The van der Waals surface area contributed by atoms with E-state index in [9.17, 15) is 4.79 Å². The maximum absolute atomic E-state index is 13.5. The molecule has 1 atom stereocenters. The molecule has 1 heterocycles. The van der Waals surface area contributed by atoms with Gasteiger partial charge in [-0.15, -0.1) is 35.3 Å². The number of nitrogens with zero attached hydrogens (tertiary/aromatic N) is 1. The average molecular weight is 510 g/mol. The van der Waals surface area contributed by atoms with Crippen LogP contribution in [0.15, 0.2) is 64.5 Å². The van der Waals surface area contributed by atoms with Crippen molar-refractivity contribution in [1.82, 2.24) is 4.98 Å². The molecule has 0 aliphatic carbocycles. The van der Waals surface area contributed by atoms with Gasteiger partial charge in [0.15, 0.2) is 0 Å². The lowest BCUT2D eigenvalue weighted by atomic mass is 10.1. The summed E-state index contributed by atoms with van der Waals surface area (Å²) < 4.78 is 0. The van der Waals surface area contributed by atoms with Gasteiger partial charge in [-0.05, 0) is 48.8 Å². The lowest BCUT2D eigenvalue weighted by molar-refractivity contribution is -0.115. The van der Waals surface area contributed by atoms with Crippen LogP contribution in [0.5, 0.6) is 0 Å². The summed E-state index contributed by atoms with van der Waals surface area (Å²) in [5, 5.41) is 4.39. The molecule has 3 rings (SSSR count). The van der Waals surface area contributed by atoms with Gasteiger partial charge in [0.1, 0.15) is 10.3 Å². The first-order valence-electron chi connectivity index (χ1n) is 9.44. The molecule has 1 aromatic heterocycles. The summed E-state index contributed by atoms with van der Waals surface area (Å²) in [5.74, 6) is 0.575. The molecule has 0 radical (unpaired) electrons. The Balaban J connectivity index is 1.93. The largest absolute Gasteiger partial charge is 0.322 e. The smallest absolute Gasteiger partial charge is 0.242 e. The third kappa shape index (κ3) is 6.36. The summed E-state index contributed by atoms with van der Waals surface area (Å²) in [6, 6.07) is 17.4. The number of carbonyl (C=O) groups excluding carboxylic acids is 1. The minimum atomic E-state index is -0.458. The van der Waals surface area contributed by atoms with E-state index in [4.69, 9.17) is 23.2 Å². The number of benzene rings is 2. The second kappa shape index (κ2) is 11.5. The molecule has 1 N–H and O–H groups in total. The van der Waals surface area contributed by atoms with E-state index >= 15 is 0 Å². The van der Waals surface area contributed by atoms with Gasteiger partial charge in [-0.2, -0.15) is 0 Å². The number of pyridine rings is 1. The van der Waals surface area contributed by atoms with Crippen LogP contribution < -0.4 is 5.32 Å². The number of hydrogen-bond donors (Lipinski definition) is 1. The van der Waals surface area contributed by atoms with Crippen LogP contribution in [0.25, 0.3) is 0 Å². The summed E-state index contributed by atoms with van der Waals surface area (Å²) in [6.07, 6.45) is 3.96. The minimum Gasteiger partial charge on any atom is -0.322 e. The molecule has 0 fully saturated rings. The number of amides is 1. The highest BCUT2D eigenvalue weighted by Gasteiger charge is 2.24. The number of anilines is 1. The molecule has 162 valence electrons. The van der Waals surface area contributed by atoms with Crippen LogP contribution in [0.3, 0.4) is 0 Å². The van der Waals surface area contributed by atoms with Crippen LogP contribution in [-0.2, 0) is 10.5 Å². The van der Waals surface area contributed by atoms with Gasteiger partial charge in [-0.1, -0.05) is 59.6 Å². The Morgan fingerprint density at radius 1 is 1.03 bits per heavy atom. The van der Waals surface area contributed by atoms with Crippen molar-refractivity contribution in [2.45, 2.75) is 27.8 Å². The molecule has 0 spiro atoms. The minimum absolute atomic E-state index is 0.115. The maximum atomic E-state index is 13.5. The quantitative estimate of drug-likeness (QED) is 0.315. The van der Waals surface area contributed by atoms with Crippen LogP contribution in [0.1, 0.15) is 22.1 Å². The van der Waals surface area contributed by atoms with Gasteiger partial charge in [0, 0.05) is 16.3 Å². The van der Waals surface area contributed by atoms with E-state index in [0.717, 1.165) is 32.4 Å². The SMILES string of the molecule is CSc1cc(C)nc(SC)c1NC(=O)C(SCc1ccccc1)c1ccc(Cl)c(Cl)c1. The van der Waals surface area contributed by atoms with Gasteiger partial charge in [-0.25, -0.2) is 4.98 Å². The maximum Gasteiger partial charge on any atom is 0.242 e. The number of hydrogen-bond acceptors (Lipinski definition) is 5. The van der Waals surface area contributed by atoms with Gasteiger partial charge < -0.3 is 5.32 Å². The van der Waals surface area contributed by atoms with E-state index in [1.165, 1.54) is 11.8 Å². The summed E-state index contributed by atoms with van der Waals surface area (Å²) >= 11 is 17.0. The predicted octanol–water partition coefficient (Wildman–Crippen LogP) is 7.75. The lowest BCUT2D eigenvalue weighted by Gasteiger charge is -2.20. The van der Waals surface area contributed by atoms with Gasteiger partial charge in [0.05, 0.1) is 15.7 Å². The average Bonchev–Trinajstić information content (AvgIpc) is 2.77. The number of carbonyl (C=O) groups is 1. The molecule has 31 heavy (non-hydrogen) atoms. The van der Waals surface area contributed by atoms with Gasteiger partial charge in [0.2, 0.25) is 5.91 Å². The Labute approximate surface area is 206 Å². The second-order valence-corrected chi connectivity index (χ2v) is 10.2. The summed E-state index contributed by atoms with van der Waals surface area (Å²) in [6.45, 7) is 1.96. The topological polar surface area (TPSA) is 42.0 Å². The van der Waals surface area contributed by atoms with E-state index in [1.807, 2.05) is 49.8 Å². The van der Waals surface area contributed by atoms with E-state index in [2.05, 4.69) is 22.4 Å². The molecule has 0 bridgehead atoms. The first-order valence-corrected chi connectivity index (χ1v) is 13.7. The van der Waals surface area contributed by atoms with Crippen molar-refractivity contribution in [1.29, 1.82) is 0 Å². The number of aromatic nitrogens is 1. The molecule has 2 aromatic carbocycles. The monoisotopic (exact) mass is 508 g/mol. The Kier molecular flexibility index (Phi) is 9.05. The fraction of sp³-hybridized carbons (Fsp3) is 0.217. The third-order valence-corrected chi connectivity index (χ3v) is 7.99. The predicted molar refractivity (Wildman–Crippen MR) is 138 cm³/mol. The number of nitrogens with one attached hydrogen (secondary N) is 1. The zero-order valence-corrected chi connectivity index (χ0v) is 21.3. The fourth-order valence-electron chi connectivity index (χ4n) is 2.98. The number of thioether (sulfide) groups is 3. The first kappa shape index (κ1) is 24.3. The van der Waals surface area contributed by atoms with Crippen molar-refractivity contribution in [3.63, 3.8) is 0 Å². The van der Waals surface area contributed by atoms with E-state index < -0.39 is 5.25 Å². The Morgan fingerprint density at radius 3 is 2.42 bits per heavy atom. The zero-order valence-electron chi connectivity index (χ0n) is 17.3. The van der Waals surface area contributed by atoms with Crippen molar-refractivity contribution in [3.8, 4) is 0 Å². The molecule has 1 unspecified atom stereocenters. The second-order valence-electron chi connectivity index (χ2n) is 6.69. The van der Waals surface area contributed by atoms with E-state index in [-0.39, 0.29) is 5.91 Å². The highest BCUT2D eigenvalue weighted by molar-refractivity contribution is 8.00. The number of aryl methyl sites for hydroxylation is 1. The van der Waals surface area contributed by atoms with Crippen molar-refractivity contribution in [2.75, 3.05) is 17.8 Å². The molecule has 0 saturated heterocycles. The van der Waals surface area contributed by atoms with Crippen molar-refractivity contribution >= 4 is 70.1 Å². The summed E-state index contributed by atoms with van der Waals surface area (Å²) in [7, 11) is 0. The zero-order chi connectivity index (χ0) is 22.4. The van der Waals surface area contributed by atoms with Crippen LogP contribution in [-0.4, -0.2) is 23.4 Å². The molecule has 0 aliphatic heterocycles. The van der Waals surface area contributed by atoms with Crippen LogP contribution >= 0.6 is 58.5 Å². The standard InChI is InChI=1S/C23H22Cl2N2OS3/c1-14-11-19(29-2)20(23(26-14)30-3)27-22(28)21(16-9-10-17(24)18(25)12-16)31-13-15-7-5-4-6-8-15/h4-12,21H,13H2,1-3H3,(H,27,28). The summed E-state index contributed by atoms with van der Waals surface area (Å²) in [4.78, 5) is 19.1. The third-order valence-electron chi connectivity index (χ3n) is 4.48.